The Morgan fingerprint density at radius 1 is 0.771 bits per heavy atom. The second-order valence-electron chi connectivity index (χ2n) is 31.7. The summed E-state index contributed by atoms with van der Waals surface area (Å²) in [6.45, 7) is 18.3. The van der Waals surface area contributed by atoms with E-state index in [1.165, 1.54) is 24.0 Å². The number of carbonyl (C=O) groups is 7. The summed E-state index contributed by atoms with van der Waals surface area (Å²) in [4.78, 5) is 117. The molecule has 11 rings (SSSR count). The molecule has 6 fully saturated rings. The number of aryl methyl sites for hydroxylation is 1. The Morgan fingerprint density at radius 2 is 1.52 bits per heavy atom. The van der Waals surface area contributed by atoms with Crippen molar-refractivity contribution in [3.63, 3.8) is 0 Å². The second-order valence-corrected chi connectivity index (χ2v) is 31.7. The van der Waals surface area contributed by atoms with Gasteiger partial charge in [-0.25, -0.2) is 18.7 Å². The number of anilines is 3. The summed E-state index contributed by atoms with van der Waals surface area (Å²) in [5, 5.41) is 24.9. The van der Waals surface area contributed by atoms with Gasteiger partial charge in [0, 0.05) is 128 Å². The molecule has 24 nitrogen and oxygen atoms in total. The van der Waals surface area contributed by atoms with Crippen molar-refractivity contribution < 1.29 is 47.1 Å². The van der Waals surface area contributed by atoms with Gasteiger partial charge in [0.1, 0.15) is 41.7 Å². The molecule has 572 valence electrons. The van der Waals surface area contributed by atoms with Crippen molar-refractivity contribution in [1.82, 2.24) is 66.8 Å². The number of hydrogen-bond acceptors (Lipinski definition) is 17. The molecular weight excluding hydrogens is 1340 g/mol. The molecule has 0 bridgehead atoms. The minimum absolute atomic E-state index is 0.0180. The van der Waals surface area contributed by atoms with Gasteiger partial charge in [-0.1, -0.05) is 88.6 Å². The van der Waals surface area contributed by atoms with Crippen molar-refractivity contribution in [2.75, 3.05) is 128 Å². The Hall–Kier alpha value is -7.91. The predicted octanol–water partition coefficient (Wildman–Crippen LogP) is 6.34. The Labute approximate surface area is 618 Å². The third kappa shape index (κ3) is 21.7. The number of likely N-dealkylation sites (N-methyl/N-ethyl adjacent to an activating group) is 1. The molecule has 1 spiro atoms. The maximum Gasteiger partial charge on any atom is 0.246 e. The van der Waals surface area contributed by atoms with E-state index in [2.05, 4.69) is 112 Å². The number of benzene rings is 3. The lowest BCUT2D eigenvalue weighted by molar-refractivity contribution is -0.143. The van der Waals surface area contributed by atoms with Crippen LogP contribution in [0.2, 0.25) is 0 Å². The highest BCUT2D eigenvalue weighted by atomic mass is 19.1. The van der Waals surface area contributed by atoms with Crippen LogP contribution in [0.4, 0.5) is 26.1 Å². The average molecular weight is 1450 g/mol. The molecule has 5 saturated heterocycles. The Kier molecular flexibility index (Phi) is 27.2. The lowest BCUT2D eigenvalue weighted by Crippen LogP contribution is -2.66. The summed E-state index contributed by atoms with van der Waals surface area (Å²) < 4.78 is 37.4. The molecule has 7 aliphatic rings. The van der Waals surface area contributed by atoms with Gasteiger partial charge in [0.15, 0.2) is 0 Å². The van der Waals surface area contributed by atoms with Crippen molar-refractivity contribution in [1.29, 1.82) is 0 Å². The molecule has 105 heavy (non-hydrogen) atoms. The van der Waals surface area contributed by atoms with E-state index in [4.69, 9.17) is 4.74 Å². The molecule has 7 amide bonds. The van der Waals surface area contributed by atoms with Crippen LogP contribution in [0.3, 0.4) is 0 Å². The van der Waals surface area contributed by atoms with E-state index < -0.39 is 41.3 Å². The number of hydrogen-bond donors (Lipinski definition) is 8. The number of rotatable bonds is 31. The number of nitrogens with one attached hydrogen (secondary N) is 8. The highest BCUT2D eigenvalue weighted by Gasteiger charge is 2.46. The lowest BCUT2D eigenvalue weighted by atomic mass is 9.82. The highest BCUT2D eigenvalue weighted by Crippen LogP contribution is 2.37. The maximum absolute atomic E-state index is 15.8. The van der Waals surface area contributed by atoms with Crippen molar-refractivity contribution in [2.45, 2.75) is 186 Å². The van der Waals surface area contributed by atoms with Gasteiger partial charge >= 0.3 is 0 Å². The van der Waals surface area contributed by atoms with Crippen molar-refractivity contribution in [3.05, 3.63) is 113 Å². The summed E-state index contributed by atoms with van der Waals surface area (Å²) in [6.07, 6.45) is 12.4. The van der Waals surface area contributed by atoms with Crippen LogP contribution < -0.4 is 52.3 Å². The van der Waals surface area contributed by atoms with Crippen molar-refractivity contribution in [2.24, 2.45) is 23.2 Å². The molecule has 6 heterocycles. The molecule has 0 radical (unpaired) electrons. The summed E-state index contributed by atoms with van der Waals surface area (Å²) in [7, 11) is 3.76. The Bertz CT molecular complexity index is 3640. The fourth-order valence-electron chi connectivity index (χ4n) is 16.6. The lowest BCUT2D eigenvalue weighted by Gasteiger charge is -2.48. The van der Waals surface area contributed by atoms with Crippen molar-refractivity contribution in [3.8, 4) is 0 Å². The normalized spacial score (nSPS) is 22.6. The number of piperidine rings is 2. The average Bonchev–Trinajstić information content (AvgIpc) is 0.984. The first-order valence-electron chi connectivity index (χ1n) is 38.7. The number of halogens is 2. The summed E-state index contributed by atoms with van der Waals surface area (Å²) in [6, 6.07) is 17.8. The van der Waals surface area contributed by atoms with E-state index >= 15 is 8.78 Å². The van der Waals surface area contributed by atoms with Gasteiger partial charge in [0.2, 0.25) is 41.4 Å². The number of nitrogens with zero attached hydrogens (tertiary/aromatic N) is 8. The quantitative estimate of drug-likeness (QED) is 0.0256. The van der Waals surface area contributed by atoms with Crippen LogP contribution in [0.15, 0.2) is 73.1 Å². The van der Waals surface area contributed by atoms with E-state index in [0.717, 1.165) is 126 Å². The van der Waals surface area contributed by atoms with Gasteiger partial charge < -0.3 is 71.8 Å². The standard InChI is InChI=1S/C79H114F2N16O8/c1-53-45-94(35-37-105-36-29-83-70(98)22-23-72(100)88-61-40-67(76(103)89-65-21-13-19-57-16-10-11-20-62(57)65)97(49-61)77(104)74(58-17-8-7-9-18-58)90-75(102)54(2)82-5)48-60(53)46-92(6)30-24-71(99)85-44-56-15-12-14-55(38-56)43-84-68-42-69(87-52-86-68)95-33-27-79(28-34-95)51-96(50-73(101)91-79)66-41-63(80)59(39-64(66)81)47-93-31-25-78(3,4)26-32-93/h10-12,14-16,20,38-39,41-42,52-54,58,60-61,65,67,74,82H,7-9,13,17-19,21-37,40,43-51H2,1-6H3,(H,83,98)(H,85,99)(H,88,100)(H,89,103)(H,90,102)(H,91,101)(H,84,86,87)/t53-,54+,60+,61+,65?,67+,74+/m1/s1. The smallest absolute Gasteiger partial charge is 0.246 e. The molecule has 4 aromatic rings. The number of piperazine rings is 1. The van der Waals surface area contributed by atoms with E-state index in [1.54, 1.807) is 23.8 Å². The third-order valence-electron chi connectivity index (χ3n) is 23.2. The fourth-order valence-corrected chi connectivity index (χ4v) is 16.6. The second kappa shape index (κ2) is 36.6. The molecular formula is C79H114F2N16O8. The van der Waals surface area contributed by atoms with Gasteiger partial charge in [-0.3, -0.25) is 38.5 Å². The van der Waals surface area contributed by atoms with Crippen molar-refractivity contribution >= 4 is 58.7 Å². The van der Waals surface area contributed by atoms with Gasteiger partial charge in [-0.05, 0) is 150 Å². The zero-order valence-corrected chi connectivity index (χ0v) is 62.7. The fraction of sp³-hybridized carbons (Fsp3) is 0.633. The molecule has 1 unspecified atom stereocenters. The van der Waals surface area contributed by atoms with Crippen LogP contribution in [0, 0.1) is 34.8 Å². The van der Waals surface area contributed by atoms with Crippen LogP contribution in [0.25, 0.3) is 0 Å². The third-order valence-corrected chi connectivity index (χ3v) is 23.2. The highest BCUT2D eigenvalue weighted by molar-refractivity contribution is 5.94. The van der Waals surface area contributed by atoms with Crippen LogP contribution in [-0.2, 0) is 64.4 Å². The Balaban J connectivity index is 0.546. The zero-order valence-electron chi connectivity index (χ0n) is 62.7. The van der Waals surface area contributed by atoms with Crippen LogP contribution in [0.1, 0.15) is 158 Å². The molecule has 26 heteroatoms. The van der Waals surface area contributed by atoms with Gasteiger partial charge in [-0.15, -0.1) is 0 Å². The van der Waals surface area contributed by atoms with E-state index in [9.17, 15) is 33.6 Å². The largest absolute Gasteiger partial charge is 0.378 e. The number of likely N-dealkylation sites (tertiary alicyclic amines) is 3. The predicted molar refractivity (Wildman–Crippen MR) is 400 cm³/mol. The number of amides is 7. The summed E-state index contributed by atoms with van der Waals surface area (Å²) >= 11 is 0. The molecule has 8 N–H and O–H groups in total. The number of ether oxygens (including phenoxy) is 1. The first kappa shape index (κ1) is 78.2. The molecule has 5 aliphatic heterocycles. The molecule has 7 atom stereocenters. The molecule has 1 aromatic heterocycles. The van der Waals surface area contributed by atoms with Gasteiger partial charge in [-0.2, -0.15) is 0 Å². The summed E-state index contributed by atoms with van der Waals surface area (Å²) in [5.41, 5.74) is 4.40. The monoisotopic (exact) mass is 1450 g/mol. The van der Waals surface area contributed by atoms with Crippen LogP contribution in [-0.4, -0.2) is 213 Å². The topological polar surface area (TPSA) is 270 Å². The molecule has 3 aromatic carbocycles. The SMILES string of the molecule is CN[C@@H](C)C(=O)N[C@H](C(=O)N1C[C@@H](NC(=O)CCC(=O)NCCOCCN2C[C@H](CN(C)CCC(=O)NCc3cccc(CNc4cc(N5CCC6(CC5)CN(c5cc(F)c(CN7CCC(C)(C)CC7)cc5F)CC(=O)N6)ncn4)c3)[C@H](C)C2)C[C@H]1C(=O)NC1CCCc2ccccc21)C1CCCCC1. The Morgan fingerprint density at radius 3 is 2.30 bits per heavy atom. The molecule has 1 saturated carbocycles. The van der Waals surface area contributed by atoms with E-state index in [0.29, 0.717) is 108 Å². The molecule has 2 aliphatic carbocycles. The number of carbonyl (C=O) groups excluding carboxylic acids is 7. The van der Waals surface area contributed by atoms with Gasteiger partial charge in [0.25, 0.3) is 0 Å². The number of fused-ring (bicyclic) bond motifs is 1. The zero-order chi connectivity index (χ0) is 74.2. The first-order chi connectivity index (χ1) is 50.5. The summed E-state index contributed by atoms with van der Waals surface area (Å²) in [5.74, 6) is -0.470. The van der Waals surface area contributed by atoms with E-state index in [-0.39, 0.29) is 96.8 Å². The first-order valence-corrected chi connectivity index (χ1v) is 38.7. The maximum atomic E-state index is 15.8. The number of aromatic nitrogens is 2. The minimum atomic E-state index is -0.863. The van der Waals surface area contributed by atoms with E-state index in [1.807, 2.05) is 42.5 Å². The van der Waals surface area contributed by atoms with Crippen LogP contribution >= 0.6 is 0 Å². The van der Waals surface area contributed by atoms with Gasteiger partial charge in [0.05, 0.1) is 43.1 Å². The van der Waals surface area contributed by atoms with Crippen LogP contribution in [0.5, 0.6) is 0 Å². The minimum Gasteiger partial charge on any atom is -0.378 e.